The van der Waals surface area contributed by atoms with Crippen molar-refractivity contribution in [1.82, 2.24) is 9.88 Å². The largest absolute Gasteiger partial charge is 0.490 e. The van der Waals surface area contributed by atoms with Crippen LogP contribution < -0.4 is 9.47 Å². The highest BCUT2D eigenvalue weighted by Crippen LogP contribution is 2.35. The van der Waals surface area contributed by atoms with Gasteiger partial charge in [-0.3, -0.25) is 9.78 Å². The van der Waals surface area contributed by atoms with Gasteiger partial charge in [-0.25, -0.2) is 0 Å². The lowest BCUT2D eigenvalue weighted by molar-refractivity contribution is 0.0735. The molecule has 3 rings (SSSR count). The lowest BCUT2D eigenvalue weighted by Gasteiger charge is -2.25. The number of pyridine rings is 1. The zero-order valence-electron chi connectivity index (χ0n) is 19.0. The quantitative estimate of drug-likeness (QED) is 0.381. The molecule has 0 aliphatic carbocycles. The maximum absolute atomic E-state index is 13.4. The van der Waals surface area contributed by atoms with Crippen LogP contribution in [0.25, 0.3) is 0 Å². The Kier molecular flexibility index (Phi) is 9.19. The van der Waals surface area contributed by atoms with Gasteiger partial charge in [-0.15, -0.1) is 0 Å². The molecule has 31 heavy (non-hydrogen) atoms. The molecule has 1 amide bonds. The molecule has 1 aromatic carbocycles. The Morgan fingerprint density at radius 2 is 1.65 bits per heavy atom. The van der Waals surface area contributed by atoms with E-state index in [1.165, 1.54) is 0 Å². The van der Waals surface area contributed by atoms with Gasteiger partial charge < -0.3 is 14.4 Å². The third-order valence-corrected chi connectivity index (χ3v) is 5.81. The molecule has 2 heterocycles. The van der Waals surface area contributed by atoms with E-state index in [1.807, 2.05) is 35.2 Å². The van der Waals surface area contributed by atoms with E-state index < -0.39 is 0 Å². The average Bonchev–Trinajstić information content (AvgIpc) is 3.30. The normalized spacial score (nSPS) is 15.8. The molecule has 168 valence electrons. The van der Waals surface area contributed by atoms with Crippen LogP contribution in [0.4, 0.5) is 0 Å². The van der Waals surface area contributed by atoms with Gasteiger partial charge in [-0.05, 0) is 61.6 Å². The van der Waals surface area contributed by atoms with Crippen molar-refractivity contribution in [3.8, 4) is 11.5 Å². The minimum absolute atomic E-state index is 0.0512. The first kappa shape index (κ1) is 23.1. The standard InChI is InChI=1S/C26H36N2O3/c1-3-5-7-18-30-24-12-11-22(20-25(24)31-19-8-6-4-2)26(29)28-17-9-10-23(28)21-13-15-27-16-14-21/h11-16,20,23H,3-10,17-19H2,1-2H3. The van der Waals surface area contributed by atoms with Crippen LogP contribution in [-0.2, 0) is 0 Å². The Bertz CT molecular complexity index is 810. The Hall–Kier alpha value is -2.56. The predicted molar refractivity (Wildman–Crippen MR) is 124 cm³/mol. The highest BCUT2D eigenvalue weighted by Gasteiger charge is 2.31. The molecule has 1 aliphatic rings. The zero-order chi connectivity index (χ0) is 21.9. The van der Waals surface area contributed by atoms with Gasteiger partial charge in [0, 0.05) is 24.5 Å². The Morgan fingerprint density at radius 1 is 0.968 bits per heavy atom. The fourth-order valence-corrected chi connectivity index (χ4v) is 4.05. The molecule has 1 atom stereocenters. The van der Waals surface area contributed by atoms with Crippen molar-refractivity contribution in [3.63, 3.8) is 0 Å². The van der Waals surface area contributed by atoms with Gasteiger partial charge in [0.25, 0.3) is 5.91 Å². The second-order valence-electron chi connectivity index (χ2n) is 8.21. The number of carbonyl (C=O) groups excluding carboxylic acids is 1. The molecule has 5 heteroatoms. The van der Waals surface area contributed by atoms with Crippen molar-refractivity contribution in [2.75, 3.05) is 19.8 Å². The first-order chi connectivity index (χ1) is 15.2. The first-order valence-corrected chi connectivity index (χ1v) is 11.8. The van der Waals surface area contributed by atoms with E-state index >= 15 is 0 Å². The van der Waals surface area contributed by atoms with Crippen LogP contribution in [0.15, 0.2) is 42.7 Å². The molecular weight excluding hydrogens is 388 g/mol. The van der Waals surface area contributed by atoms with E-state index in [4.69, 9.17) is 9.47 Å². The summed E-state index contributed by atoms with van der Waals surface area (Å²) in [4.78, 5) is 19.5. The highest BCUT2D eigenvalue weighted by atomic mass is 16.5. The maximum atomic E-state index is 13.4. The number of rotatable bonds is 12. The third-order valence-electron chi connectivity index (χ3n) is 5.81. The summed E-state index contributed by atoms with van der Waals surface area (Å²) in [6.07, 6.45) is 12.2. The van der Waals surface area contributed by atoms with E-state index in [-0.39, 0.29) is 11.9 Å². The molecule has 2 aromatic rings. The fourth-order valence-electron chi connectivity index (χ4n) is 4.05. The maximum Gasteiger partial charge on any atom is 0.254 e. The lowest BCUT2D eigenvalue weighted by Crippen LogP contribution is -2.30. The molecule has 0 radical (unpaired) electrons. The summed E-state index contributed by atoms with van der Waals surface area (Å²) in [7, 11) is 0. The Morgan fingerprint density at radius 3 is 2.32 bits per heavy atom. The SMILES string of the molecule is CCCCCOc1ccc(C(=O)N2CCCC2c2ccncc2)cc1OCCCCC. The second kappa shape index (κ2) is 12.3. The number of carbonyl (C=O) groups is 1. The number of unbranched alkanes of at least 4 members (excludes halogenated alkanes) is 4. The van der Waals surface area contributed by atoms with Gasteiger partial charge in [0.15, 0.2) is 11.5 Å². The van der Waals surface area contributed by atoms with Crippen molar-refractivity contribution in [1.29, 1.82) is 0 Å². The van der Waals surface area contributed by atoms with Crippen LogP contribution in [0.1, 0.15) is 87.2 Å². The molecule has 1 aliphatic heterocycles. The van der Waals surface area contributed by atoms with Gasteiger partial charge >= 0.3 is 0 Å². The third kappa shape index (κ3) is 6.46. The molecule has 1 unspecified atom stereocenters. The summed E-state index contributed by atoms with van der Waals surface area (Å²) in [5.41, 5.74) is 1.81. The van der Waals surface area contributed by atoms with E-state index in [1.54, 1.807) is 12.4 Å². The smallest absolute Gasteiger partial charge is 0.254 e. The van der Waals surface area contributed by atoms with E-state index in [0.717, 1.165) is 69.2 Å². The molecule has 1 aromatic heterocycles. The number of likely N-dealkylation sites (tertiary alicyclic amines) is 1. The van der Waals surface area contributed by atoms with E-state index in [9.17, 15) is 4.79 Å². The lowest BCUT2D eigenvalue weighted by atomic mass is 10.1. The summed E-state index contributed by atoms with van der Waals surface area (Å²) in [5.74, 6) is 1.46. The summed E-state index contributed by atoms with van der Waals surface area (Å²) >= 11 is 0. The summed E-state index contributed by atoms with van der Waals surface area (Å²) in [6, 6.07) is 9.75. The summed E-state index contributed by atoms with van der Waals surface area (Å²) < 4.78 is 12.0. The van der Waals surface area contributed by atoms with E-state index in [2.05, 4.69) is 18.8 Å². The van der Waals surface area contributed by atoms with Crippen molar-refractivity contribution in [2.24, 2.45) is 0 Å². The minimum atomic E-state index is 0.0512. The predicted octanol–water partition coefficient (Wildman–Crippen LogP) is 6.20. The van der Waals surface area contributed by atoms with Gasteiger partial charge in [-0.2, -0.15) is 0 Å². The molecule has 1 fully saturated rings. The van der Waals surface area contributed by atoms with Crippen LogP contribution in [0.5, 0.6) is 11.5 Å². The fraction of sp³-hybridized carbons (Fsp3) is 0.538. The molecule has 0 saturated carbocycles. The van der Waals surface area contributed by atoms with Crippen LogP contribution in [0.2, 0.25) is 0 Å². The number of nitrogens with zero attached hydrogens (tertiary/aromatic N) is 2. The molecular formula is C26H36N2O3. The van der Waals surface area contributed by atoms with Crippen molar-refractivity contribution in [3.05, 3.63) is 53.9 Å². The van der Waals surface area contributed by atoms with Crippen molar-refractivity contribution >= 4 is 5.91 Å². The summed E-state index contributed by atoms with van der Waals surface area (Å²) in [6.45, 7) is 6.44. The Labute approximate surface area is 186 Å². The topological polar surface area (TPSA) is 51.7 Å². The average molecular weight is 425 g/mol. The van der Waals surface area contributed by atoms with Gasteiger partial charge in [0.1, 0.15) is 0 Å². The van der Waals surface area contributed by atoms with Crippen LogP contribution in [0.3, 0.4) is 0 Å². The monoisotopic (exact) mass is 424 g/mol. The van der Waals surface area contributed by atoms with Crippen LogP contribution >= 0.6 is 0 Å². The number of aromatic nitrogens is 1. The van der Waals surface area contributed by atoms with Gasteiger partial charge in [0.2, 0.25) is 0 Å². The number of hydrogen-bond donors (Lipinski definition) is 0. The number of amides is 1. The molecule has 0 bridgehead atoms. The molecule has 1 saturated heterocycles. The van der Waals surface area contributed by atoms with Gasteiger partial charge in [-0.1, -0.05) is 39.5 Å². The van der Waals surface area contributed by atoms with Crippen molar-refractivity contribution < 1.29 is 14.3 Å². The van der Waals surface area contributed by atoms with Crippen molar-refractivity contribution in [2.45, 2.75) is 71.3 Å². The first-order valence-electron chi connectivity index (χ1n) is 11.8. The Balaban J connectivity index is 1.75. The zero-order valence-corrected chi connectivity index (χ0v) is 19.0. The van der Waals surface area contributed by atoms with Crippen LogP contribution in [-0.4, -0.2) is 35.5 Å². The van der Waals surface area contributed by atoms with Gasteiger partial charge in [0.05, 0.1) is 19.3 Å². The van der Waals surface area contributed by atoms with E-state index in [0.29, 0.717) is 24.5 Å². The van der Waals surface area contributed by atoms with Crippen LogP contribution in [0, 0.1) is 0 Å². The molecule has 5 nitrogen and oxygen atoms in total. The molecule has 0 N–H and O–H groups in total. The summed E-state index contributed by atoms with van der Waals surface area (Å²) in [5, 5.41) is 0. The number of benzene rings is 1. The molecule has 0 spiro atoms. The number of hydrogen-bond acceptors (Lipinski definition) is 4. The number of ether oxygens (including phenoxy) is 2. The second-order valence-corrected chi connectivity index (χ2v) is 8.21. The minimum Gasteiger partial charge on any atom is -0.490 e. The highest BCUT2D eigenvalue weighted by molar-refractivity contribution is 5.95.